The zero-order valence-corrected chi connectivity index (χ0v) is 20.1. The molecule has 0 bridgehead atoms. The Bertz CT molecular complexity index is 1340. The van der Waals surface area contributed by atoms with E-state index in [1.165, 1.54) is 18.2 Å². The van der Waals surface area contributed by atoms with Gasteiger partial charge in [-0.05, 0) is 37.6 Å². The van der Waals surface area contributed by atoms with Crippen molar-refractivity contribution in [2.24, 2.45) is 0 Å². The molecule has 1 aromatic heterocycles. The summed E-state index contributed by atoms with van der Waals surface area (Å²) < 4.78 is 48.6. The van der Waals surface area contributed by atoms with Crippen molar-refractivity contribution in [2.75, 3.05) is 32.0 Å². The van der Waals surface area contributed by atoms with E-state index in [0.29, 0.717) is 22.5 Å². The topological polar surface area (TPSA) is 124 Å². The average Bonchev–Trinajstić information content (AvgIpc) is 3.35. The van der Waals surface area contributed by atoms with Gasteiger partial charge in [0.2, 0.25) is 17.6 Å². The number of benzene rings is 2. The molecule has 2 aromatic carbocycles. The standard InChI is InChI=1S/C25H25F3N6O3/c1-14(29)18-7-6-15(11-20(18)30-2)22-32-24(37-33-22)19-8-9-34(13-25(19,27)28)21(35)12-31-23(36)16-4-3-5-17(26)10-16/h3-7,10-11,19,29-30H,8-9,12-13H2,1-2H3,(H,31,36). The maximum atomic E-state index is 15.1. The minimum absolute atomic E-state index is 0.00382. The van der Waals surface area contributed by atoms with Crippen LogP contribution in [0.25, 0.3) is 11.4 Å². The number of rotatable bonds is 7. The van der Waals surface area contributed by atoms with Crippen LogP contribution in [0.2, 0.25) is 0 Å². The van der Waals surface area contributed by atoms with Gasteiger partial charge < -0.3 is 25.5 Å². The molecule has 0 saturated carbocycles. The molecule has 1 saturated heterocycles. The van der Waals surface area contributed by atoms with Gasteiger partial charge in [0.05, 0.1) is 13.1 Å². The Hall–Kier alpha value is -4.22. The second-order valence-corrected chi connectivity index (χ2v) is 8.70. The number of hydrogen-bond acceptors (Lipinski definition) is 7. The molecule has 1 aliphatic rings. The monoisotopic (exact) mass is 514 g/mol. The molecule has 2 heterocycles. The van der Waals surface area contributed by atoms with E-state index >= 15 is 8.78 Å². The summed E-state index contributed by atoms with van der Waals surface area (Å²) in [5.41, 5.74) is 2.27. The van der Waals surface area contributed by atoms with Crippen molar-refractivity contribution in [3.8, 4) is 11.4 Å². The molecule has 194 valence electrons. The number of aromatic nitrogens is 2. The average molecular weight is 515 g/mol. The third kappa shape index (κ3) is 5.63. The van der Waals surface area contributed by atoms with Crippen LogP contribution in [-0.4, -0.2) is 65.2 Å². The minimum Gasteiger partial charge on any atom is -0.388 e. The van der Waals surface area contributed by atoms with Crippen LogP contribution in [0.15, 0.2) is 47.0 Å². The van der Waals surface area contributed by atoms with Crippen LogP contribution in [0.4, 0.5) is 18.9 Å². The van der Waals surface area contributed by atoms with Crippen molar-refractivity contribution >= 4 is 23.2 Å². The molecule has 37 heavy (non-hydrogen) atoms. The third-order valence-electron chi connectivity index (χ3n) is 6.13. The first kappa shape index (κ1) is 25.9. The Morgan fingerprint density at radius 1 is 1.24 bits per heavy atom. The molecule has 3 aromatic rings. The molecule has 3 N–H and O–H groups in total. The minimum atomic E-state index is -3.35. The van der Waals surface area contributed by atoms with Gasteiger partial charge in [-0.25, -0.2) is 13.2 Å². The van der Waals surface area contributed by atoms with Gasteiger partial charge in [-0.2, -0.15) is 4.98 Å². The second kappa shape index (κ2) is 10.4. The Balaban J connectivity index is 1.41. The first-order valence-electron chi connectivity index (χ1n) is 11.5. The second-order valence-electron chi connectivity index (χ2n) is 8.70. The van der Waals surface area contributed by atoms with Crippen LogP contribution >= 0.6 is 0 Å². The Morgan fingerprint density at radius 3 is 2.70 bits per heavy atom. The van der Waals surface area contributed by atoms with Crippen molar-refractivity contribution in [1.82, 2.24) is 20.4 Å². The summed E-state index contributed by atoms with van der Waals surface area (Å²) in [6, 6.07) is 10.0. The number of nitrogens with one attached hydrogen (secondary N) is 3. The molecule has 9 nitrogen and oxygen atoms in total. The molecule has 4 rings (SSSR count). The van der Waals surface area contributed by atoms with Crippen molar-refractivity contribution in [2.45, 2.75) is 25.2 Å². The van der Waals surface area contributed by atoms with Crippen molar-refractivity contribution in [1.29, 1.82) is 5.41 Å². The molecule has 1 fully saturated rings. The highest BCUT2D eigenvalue weighted by Crippen LogP contribution is 2.40. The smallest absolute Gasteiger partial charge is 0.276 e. The van der Waals surface area contributed by atoms with Crippen molar-refractivity contribution in [3.05, 3.63) is 65.3 Å². The lowest BCUT2D eigenvalue weighted by atomic mass is 9.92. The summed E-state index contributed by atoms with van der Waals surface area (Å²) in [7, 11) is 1.70. The van der Waals surface area contributed by atoms with Gasteiger partial charge in [-0.3, -0.25) is 9.59 Å². The lowest BCUT2D eigenvalue weighted by Crippen LogP contribution is -2.52. The van der Waals surface area contributed by atoms with Gasteiger partial charge >= 0.3 is 0 Å². The maximum absolute atomic E-state index is 15.1. The van der Waals surface area contributed by atoms with E-state index in [2.05, 4.69) is 20.8 Å². The Labute approximate surface area is 210 Å². The quantitative estimate of drug-likeness (QED) is 0.413. The number of amides is 2. The van der Waals surface area contributed by atoms with Crippen LogP contribution in [0, 0.1) is 11.2 Å². The van der Waals surface area contributed by atoms with Gasteiger partial charge in [-0.1, -0.05) is 23.4 Å². The third-order valence-corrected chi connectivity index (χ3v) is 6.13. The molecule has 1 atom stereocenters. The van der Waals surface area contributed by atoms with Crippen molar-refractivity contribution in [3.63, 3.8) is 0 Å². The van der Waals surface area contributed by atoms with Gasteiger partial charge in [0.25, 0.3) is 11.8 Å². The van der Waals surface area contributed by atoms with Gasteiger partial charge in [0, 0.05) is 41.7 Å². The number of piperidine rings is 1. The molecule has 0 aliphatic carbocycles. The fraction of sp³-hybridized carbons (Fsp3) is 0.320. The zero-order chi connectivity index (χ0) is 26.7. The van der Waals surface area contributed by atoms with Gasteiger partial charge in [0.15, 0.2) is 0 Å². The number of likely N-dealkylation sites (tertiary alicyclic amines) is 1. The van der Waals surface area contributed by atoms with E-state index < -0.39 is 42.6 Å². The number of alkyl halides is 2. The van der Waals surface area contributed by atoms with Crippen LogP contribution < -0.4 is 10.6 Å². The molecular formula is C25H25F3N6O3. The van der Waals surface area contributed by atoms with E-state index in [4.69, 9.17) is 9.93 Å². The van der Waals surface area contributed by atoms with Crippen molar-refractivity contribution < 1.29 is 27.3 Å². The van der Waals surface area contributed by atoms with Gasteiger partial charge in [-0.15, -0.1) is 0 Å². The number of nitrogens with zero attached hydrogens (tertiary/aromatic N) is 3. The molecule has 2 amide bonds. The normalized spacial score (nSPS) is 16.8. The molecular weight excluding hydrogens is 489 g/mol. The van der Waals surface area contributed by atoms with Crippen LogP contribution in [0.5, 0.6) is 0 Å². The van der Waals surface area contributed by atoms with Crippen LogP contribution in [-0.2, 0) is 4.79 Å². The van der Waals surface area contributed by atoms with E-state index in [0.717, 1.165) is 11.0 Å². The Morgan fingerprint density at radius 2 is 2.03 bits per heavy atom. The summed E-state index contributed by atoms with van der Waals surface area (Å²) in [4.78, 5) is 29.8. The highest BCUT2D eigenvalue weighted by atomic mass is 19.3. The summed E-state index contributed by atoms with van der Waals surface area (Å²) in [5.74, 6) is -6.80. The summed E-state index contributed by atoms with van der Waals surface area (Å²) in [6.07, 6.45) is -0.119. The number of anilines is 1. The van der Waals surface area contributed by atoms with E-state index in [1.54, 1.807) is 32.2 Å². The van der Waals surface area contributed by atoms with E-state index in [9.17, 15) is 14.0 Å². The molecule has 0 radical (unpaired) electrons. The predicted octanol–water partition coefficient (Wildman–Crippen LogP) is 3.69. The molecule has 12 heteroatoms. The summed E-state index contributed by atoms with van der Waals surface area (Å²) >= 11 is 0. The van der Waals surface area contributed by atoms with E-state index in [1.807, 2.05) is 0 Å². The lowest BCUT2D eigenvalue weighted by Gasteiger charge is -2.36. The highest BCUT2D eigenvalue weighted by Gasteiger charge is 2.49. The maximum Gasteiger partial charge on any atom is 0.276 e. The first-order chi connectivity index (χ1) is 17.6. The summed E-state index contributed by atoms with van der Waals surface area (Å²) in [6.45, 7) is 0.282. The number of carbonyl (C=O) groups excluding carboxylic acids is 2. The SMILES string of the molecule is CNc1cc(-c2noc(C3CCN(C(=O)CNC(=O)c4cccc(F)c4)CC3(F)F)n2)ccc1C(C)=N. The fourth-order valence-corrected chi connectivity index (χ4v) is 4.17. The summed E-state index contributed by atoms with van der Waals surface area (Å²) in [5, 5.41) is 17.0. The van der Waals surface area contributed by atoms with E-state index in [-0.39, 0.29) is 30.2 Å². The van der Waals surface area contributed by atoms with Crippen LogP contribution in [0.1, 0.15) is 41.1 Å². The fourth-order valence-electron chi connectivity index (χ4n) is 4.17. The largest absolute Gasteiger partial charge is 0.388 e. The molecule has 0 spiro atoms. The lowest BCUT2D eigenvalue weighted by molar-refractivity contribution is -0.144. The van der Waals surface area contributed by atoms with Crippen LogP contribution in [0.3, 0.4) is 0 Å². The predicted molar refractivity (Wildman–Crippen MR) is 129 cm³/mol. The number of carbonyl (C=O) groups is 2. The molecule has 1 unspecified atom stereocenters. The molecule has 1 aliphatic heterocycles. The Kier molecular flexibility index (Phi) is 7.28. The first-order valence-corrected chi connectivity index (χ1v) is 11.5. The number of halogens is 3. The highest BCUT2D eigenvalue weighted by molar-refractivity contribution is 6.02. The van der Waals surface area contributed by atoms with Gasteiger partial charge in [0.1, 0.15) is 11.7 Å². The number of hydrogen-bond donors (Lipinski definition) is 3. The zero-order valence-electron chi connectivity index (χ0n) is 20.1.